The van der Waals surface area contributed by atoms with Gasteiger partial charge in [0, 0.05) is 25.8 Å². The monoisotopic (exact) mass is 289 g/mol. The van der Waals surface area contributed by atoms with E-state index in [1.165, 1.54) is 24.4 Å². The summed E-state index contributed by atoms with van der Waals surface area (Å²) in [6.07, 6.45) is 6.60. The predicted octanol–water partition coefficient (Wildman–Crippen LogP) is 3.04. The lowest BCUT2D eigenvalue weighted by molar-refractivity contribution is 0.185. The van der Waals surface area contributed by atoms with E-state index in [0.717, 1.165) is 37.2 Å². The summed E-state index contributed by atoms with van der Waals surface area (Å²) < 4.78 is 7.91. The van der Waals surface area contributed by atoms with Crippen LogP contribution in [0.15, 0.2) is 18.3 Å². The topological polar surface area (TPSA) is 39.9 Å². The number of aromatic nitrogens is 3. The van der Waals surface area contributed by atoms with E-state index in [-0.39, 0.29) is 0 Å². The van der Waals surface area contributed by atoms with Crippen LogP contribution in [0.2, 0.25) is 0 Å². The van der Waals surface area contributed by atoms with Gasteiger partial charge in [0.25, 0.3) is 0 Å². The van der Waals surface area contributed by atoms with Crippen molar-refractivity contribution >= 4 is 22.9 Å². The Morgan fingerprint density at radius 1 is 1.40 bits per heavy atom. The number of fused-ring (bicyclic) bond motifs is 1. The highest BCUT2D eigenvalue weighted by Crippen LogP contribution is 2.38. The average Bonchev–Trinajstić information content (AvgIpc) is 3.18. The van der Waals surface area contributed by atoms with Crippen molar-refractivity contribution in [3.63, 3.8) is 0 Å². The van der Waals surface area contributed by atoms with Gasteiger partial charge in [-0.25, -0.2) is 9.97 Å². The molecule has 0 aromatic carbocycles. The molecule has 4 rings (SSSR count). The van der Waals surface area contributed by atoms with Gasteiger partial charge in [0.1, 0.15) is 11.3 Å². The summed E-state index contributed by atoms with van der Waals surface area (Å²) in [4.78, 5) is 9.43. The zero-order chi connectivity index (χ0) is 13.4. The summed E-state index contributed by atoms with van der Waals surface area (Å²) in [5.41, 5.74) is 2.09. The Bertz CT molecular complexity index is 600. The molecule has 5 heteroatoms. The molecule has 2 aliphatic rings. The summed E-state index contributed by atoms with van der Waals surface area (Å²) in [6.45, 7) is 1.79. The summed E-state index contributed by atoms with van der Waals surface area (Å²) in [5, 5.41) is 0.521. The molecule has 2 unspecified atom stereocenters. The maximum atomic E-state index is 5.51. The molecule has 2 aromatic heterocycles. The molecule has 0 radical (unpaired) electrons. The van der Waals surface area contributed by atoms with Crippen LogP contribution >= 0.6 is 11.8 Å². The van der Waals surface area contributed by atoms with Gasteiger partial charge in [0.2, 0.25) is 0 Å². The van der Waals surface area contributed by atoms with Gasteiger partial charge in [-0.15, -0.1) is 11.8 Å². The molecule has 4 heterocycles. The van der Waals surface area contributed by atoms with Crippen molar-refractivity contribution in [2.24, 2.45) is 5.92 Å². The molecular weight excluding hydrogens is 270 g/mol. The van der Waals surface area contributed by atoms with E-state index in [9.17, 15) is 0 Å². The normalized spacial score (nSPS) is 26.6. The molecule has 0 bridgehead atoms. The molecule has 106 valence electrons. The predicted molar refractivity (Wildman–Crippen MR) is 80.9 cm³/mol. The number of ether oxygens (including phenoxy) is 1. The number of thioether (sulfide) groups is 1. The van der Waals surface area contributed by atoms with Crippen molar-refractivity contribution in [1.82, 2.24) is 14.5 Å². The van der Waals surface area contributed by atoms with E-state index in [1.807, 2.05) is 24.0 Å². The van der Waals surface area contributed by atoms with E-state index in [4.69, 9.17) is 9.72 Å². The van der Waals surface area contributed by atoms with Gasteiger partial charge < -0.3 is 4.74 Å². The first-order valence-electron chi connectivity index (χ1n) is 7.43. The fraction of sp³-hybridized carbons (Fsp3) is 0.600. The minimum absolute atomic E-state index is 0.521. The van der Waals surface area contributed by atoms with Crippen LogP contribution < -0.4 is 0 Å². The lowest BCUT2D eigenvalue weighted by Crippen LogP contribution is -2.13. The van der Waals surface area contributed by atoms with Gasteiger partial charge in [0.05, 0.1) is 5.37 Å². The fourth-order valence-corrected chi connectivity index (χ4v) is 4.50. The minimum Gasteiger partial charge on any atom is -0.381 e. The van der Waals surface area contributed by atoms with Crippen molar-refractivity contribution in [3.8, 4) is 0 Å². The highest BCUT2D eigenvalue weighted by atomic mass is 32.2. The second-order valence-corrected chi connectivity index (χ2v) is 6.93. The Balaban J connectivity index is 1.74. The number of pyridine rings is 1. The molecule has 0 aliphatic carbocycles. The van der Waals surface area contributed by atoms with Crippen molar-refractivity contribution in [1.29, 1.82) is 0 Å². The van der Waals surface area contributed by atoms with Gasteiger partial charge in [-0.05, 0) is 43.1 Å². The first-order valence-corrected chi connectivity index (χ1v) is 8.48. The largest absolute Gasteiger partial charge is 0.381 e. The number of nitrogens with zero attached hydrogens (tertiary/aromatic N) is 3. The van der Waals surface area contributed by atoms with E-state index >= 15 is 0 Å². The van der Waals surface area contributed by atoms with Gasteiger partial charge in [-0.2, -0.15) is 0 Å². The second-order valence-electron chi connectivity index (χ2n) is 5.65. The first-order chi connectivity index (χ1) is 9.92. The Kier molecular flexibility index (Phi) is 3.40. The van der Waals surface area contributed by atoms with Crippen LogP contribution in [-0.4, -0.2) is 33.5 Å². The molecule has 4 nitrogen and oxygen atoms in total. The van der Waals surface area contributed by atoms with E-state index in [0.29, 0.717) is 11.3 Å². The molecule has 0 saturated carbocycles. The molecule has 2 atom stereocenters. The third-order valence-corrected chi connectivity index (χ3v) is 5.57. The fourth-order valence-electron chi connectivity index (χ4n) is 3.19. The van der Waals surface area contributed by atoms with Crippen LogP contribution in [0.25, 0.3) is 11.2 Å². The molecule has 2 aliphatic heterocycles. The van der Waals surface area contributed by atoms with Crippen LogP contribution in [0.5, 0.6) is 0 Å². The zero-order valence-corrected chi connectivity index (χ0v) is 12.3. The van der Waals surface area contributed by atoms with Crippen LogP contribution in [0.3, 0.4) is 0 Å². The SMILES string of the molecule is c1cnc2c(c1)nc(CC1CCOC1)n2C1CCCS1. The van der Waals surface area contributed by atoms with Crippen molar-refractivity contribution < 1.29 is 4.74 Å². The molecule has 0 spiro atoms. The smallest absolute Gasteiger partial charge is 0.160 e. The van der Waals surface area contributed by atoms with Crippen LogP contribution in [0.4, 0.5) is 0 Å². The lowest BCUT2D eigenvalue weighted by Gasteiger charge is -2.16. The average molecular weight is 289 g/mol. The van der Waals surface area contributed by atoms with Crippen LogP contribution in [0.1, 0.15) is 30.5 Å². The third-order valence-electron chi connectivity index (χ3n) is 4.21. The Hall–Kier alpha value is -1.07. The number of rotatable bonds is 3. The highest BCUT2D eigenvalue weighted by molar-refractivity contribution is 7.99. The Labute approximate surface area is 122 Å². The molecule has 0 amide bonds. The number of hydrogen-bond donors (Lipinski definition) is 0. The summed E-state index contributed by atoms with van der Waals surface area (Å²) in [5.74, 6) is 3.08. The van der Waals surface area contributed by atoms with E-state index in [1.54, 1.807) is 0 Å². The maximum Gasteiger partial charge on any atom is 0.160 e. The van der Waals surface area contributed by atoms with E-state index < -0.39 is 0 Å². The van der Waals surface area contributed by atoms with E-state index in [2.05, 4.69) is 15.6 Å². The Morgan fingerprint density at radius 2 is 2.40 bits per heavy atom. The van der Waals surface area contributed by atoms with Gasteiger partial charge in [-0.1, -0.05) is 0 Å². The molecule has 0 N–H and O–H groups in total. The second kappa shape index (κ2) is 5.37. The van der Waals surface area contributed by atoms with Crippen molar-refractivity contribution in [2.75, 3.05) is 19.0 Å². The quantitative estimate of drug-likeness (QED) is 0.871. The van der Waals surface area contributed by atoms with Gasteiger partial charge in [0.15, 0.2) is 5.65 Å². The minimum atomic E-state index is 0.521. The van der Waals surface area contributed by atoms with Gasteiger partial charge in [-0.3, -0.25) is 4.57 Å². The summed E-state index contributed by atoms with van der Waals surface area (Å²) in [7, 11) is 0. The lowest BCUT2D eigenvalue weighted by atomic mass is 10.0. The van der Waals surface area contributed by atoms with Crippen LogP contribution in [-0.2, 0) is 11.2 Å². The molecule has 20 heavy (non-hydrogen) atoms. The molecule has 2 saturated heterocycles. The van der Waals surface area contributed by atoms with Crippen molar-refractivity contribution in [2.45, 2.75) is 31.1 Å². The molecular formula is C15H19N3OS. The zero-order valence-electron chi connectivity index (χ0n) is 11.5. The Morgan fingerprint density at radius 3 is 3.20 bits per heavy atom. The maximum absolute atomic E-state index is 5.51. The molecule has 2 fully saturated rings. The number of hydrogen-bond acceptors (Lipinski definition) is 4. The van der Waals surface area contributed by atoms with Crippen LogP contribution in [0, 0.1) is 5.92 Å². The number of imidazole rings is 1. The summed E-state index contributed by atoms with van der Waals surface area (Å²) in [6, 6.07) is 4.05. The summed E-state index contributed by atoms with van der Waals surface area (Å²) >= 11 is 2.04. The standard InChI is InChI=1S/C15H19N3OS/c1-3-12-15(16-6-1)18(14-4-2-8-20-14)13(17-12)9-11-5-7-19-10-11/h1,3,6,11,14H,2,4-5,7-10H2. The van der Waals surface area contributed by atoms with Gasteiger partial charge >= 0.3 is 0 Å². The third kappa shape index (κ3) is 2.23. The first kappa shape index (κ1) is 12.7. The van der Waals surface area contributed by atoms with Crippen molar-refractivity contribution in [3.05, 3.63) is 24.2 Å². The highest BCUT2D eigenvalue weighted by Gasteiger charge is 2.26. The molecule has 2 aromatic rings.